The van der Waals surface area contributed by atoms with E-state index >= 15 is 0 Å². The molecule has 118 valence electrons. The molecular weight excluding hydrogens is 304 g/mol. The number of benzene rings is 2. The Hall–Kier alpha value is -3.21. The van der Waals surface area contributed by atoms with Crippen molar-refractivity contribution < 1.29 is 9.59 Å². The van der Waals surface area contributed by atoms with E-state index in [-0.39, 0.29) is 11.3 Å². The lowest BCUT2D eigenvalue weighted by molar-refractivity contribution is 0.0924. The number of carbonyl (C=O) groups is 2. The van der Waals surface area contributed by atoms with Crippen LogP contribution in [-0.2, 0) is 0 Å². The van der Waals surface area contributed by atoms with E-state index in [1.165, 1.54) is 0 Å². The third kappa shape index (κ3) is 1.91. The summed E-state index contributed by atoms with van der Waals surface area (Å²) in [6.07, 6.45) is 0. The molecule has 0 saturated heterocycles. The summed E-state index contributed by atoms with van der Waals surface area (Å²) >= 11 is 0. The Morgan fingerprint density at radius 1 is 0.833 bits per heavy atom. The number of carbonyl (C=O) groups excluding carboxylic acids is 2. The largest absolute Gasteiger partial charge is 0.350 e. The highest BCUT2D eigenvalue weighted by Crippen LogP contribution is 2.27. The average molecular weight is 318 g/mol. The van der Waals surface area contributed by atoms with Crippen LogP contribution in [0.5, 0.6) is 0 Å². The number of pyridine rings is 1. The molecule has 0 radical (unpaired) electrons. The minimum atomic E-state index is -0.580. The van der Waals surface area contributed by atoms with Gasteiger partial charge in [0.25, 0.3) is 11.8 Å². The summed E-state index contributed by atoms with van der Waals surface area (Å²) in [6.45, 7) is 3.79. The van der Waals surface area contributed by atoms with Gasteiger partial charge in [-0.25, -0.2) is 4.90 Å². The van der Waals surface area contributed by atoms with Crippen molar-refractivity contribution in [3.63, 3.8) is 0 Å². The van der Waals surface area contributed by atoms with Gasteiger partial charge in [-0.2, -0.15) is 0 Å². The molecule has 2 aromatic carbocycles. The van der Waals surface area contributed by atoms with Gasteiger partial charge in [0, 0.05) is 10.9 Å². The van der Waals surface area contributed by atoms with E-state index in [0.717, 1.165) is 16.0 Å². The molecule has 4 rings (SSSR count). The fourth-order valence-corrected chi connectivity index (χ4v) is 3.01. The SMILES string of the molecule is Cc1ccc(N2C(=O)c3[nH]c4ccc(C)cc4c(=O)c3C2=O)cc1. The summed E-state index contributed by atoms with van der Waals surface area (Å²) < 4.78 is 0. The fourth-order valence-electron chi connectivity index (χ4n) is 3.01. The van der Waals surface area contributed by atoms with Gasteiger partial charge in [-0.1, -0.05) is 29.3 Å². The van der Waals surface area contributed by atoms with Gasteiger partial charge >= 0.3 is 0 Å². The number of imide groups is 1. The molecule has 0 bridgehead atoms. The molecule has 5 heteroatoms. The number of rotatable bonds is 1. The number of aromatic nitrogens is 1. The van der Waals surface area contributed by atoms with Crippen molar-refractivity contribution in [2.24, 2.45) is 0 Å². The number of anilines is 1. The van der Waals surface area contributed by atoms with Gasteiger partial charge in [-0.05, 0) is 38.1 Å². The average Bonchev–Trinajstić information content (AvgIpc) is 2.81. The third-order valence-electron chi connectivity index (χ3n) is 4.28. The number of H-pyrrole nitrogens is 1. The summed E-state index contributed by atoms with van der Waals surface area (Å²) in [7, 11) is 0. The molecule has 2 amide bonds. The second kappa shape index (κ2) is 4.89. The predicted molar refractivity (Wildman–Crippen MR) is 91.6 cm³/mol. The Morgan fingerprint density at radius 2 is 1.50 bits per heavy atom. The van der Waals surface area contributed by atoms with Crippen LogP contribution in [0.25, 0.3) is 10.9 Å². The standard InChI is InChI=1S/C19H14N2O3/c1-10-3-6-12(7-4-10)21-18(23)15-16(19(21)24)20-14-8-5-11(2)9-13(14)17(15)22/h3-9H,1-2H3,(H,20,22). The monoisotopic (exact) mass is 318 g/mol. The van der Waals surface area contributed by atoms with Crippen molar-refractivity contribution in [2.75, 3.05) is 4.90 Å². The molecule has 5 nitrogen and oxygen atoms in total. The fraction of sp³-hybridized carbons (Fsp3) is 0.105. The van der Waals surface area contributed by atoms with Gasteiger partial charge in [-0.3, -0.25) is 14.4 Å². The van der Waals surface area contributed by atoms with Crippen LogP contribution in [-0.4, -0.2) is 16.8 Å². The van der Waals surface area contributed by atoms with Crippen LogP contribution in [0.1, 0.15) is 32.0 Å². The molecule has 2 heterocycles. The minimum absolute atomic E-state index is 0.0573. The Labute approximate surface area is 137 Å². The number of amides is 2. The molecule has 0 spiro atoms. The van der Waals surface area contributed by atoms with Crippen molar-refractivity contribution in [3.05, 3.63) is 75.1 Å². The summed E-state index contributed by atoms with van der Waals surface area (Å²) in [5.74, 6) is -1.08. The van der Waals surface area contributed by atoms with Gasteiger partial charge < -0.3 is 4.98 Å². The Kier molecular flexibility index (Phi) is 2.93. The van der Waals surface area contributed by atoms with Crippen LogP contribution in [0, 0.1) is 13.8 Å². The number of nitrogens with one attached hydrogen (secondary N) is 1. The molecule has 0 unspecified atom stereocenters. The number of hydrogen-bond acceptors (Lipinski definition) is 3. The first-order valence-electron chi connectivity index (χ1n) is 7.59. The molecule has 3 aromatic rings. The maximum absolute atomic E-state index is 12.7. The normalized spacial score (nSPS) is 13.7. The van der Waals surface area contributed by atoms with Crippen molar-refractivity contribution in [2.45, 2.75) is 13.8 Å². The van der Waals surface area contributed by atoms with Crippen LogP contribution < -0.4 is 10.3 Å². The molecule has 1 aromatic heterocycles. The smallest absolute Gasteiger partial charge is 0.282 e. The van der Waals surface area contributed by atoms with Gasteiger partial charge in [0.1, 0.15) is 11.3 Å². The molecule has 1 N–H and O–H groups in total. The molecular formula is C19H14N2O3. The lowest BCUT2D eigenvalue weighted by atomic mass is 10.1. The molecule has 0 saturated carbocycles. The van der Waals surface area contributed by atoms with Crippen LogP contribution in [0.2, 0.25) is 0 Å². The highest BCUT2D eigenvalue weighted by atomic mass is 16.2. The highest BCUT2D eigenvalue weighted by Gasteiger charge is 2.40. The maximum atomic E-state index is 12.7. The van der Waals surface area contributed by atoms with Crippen molar-refractivity contribution >= 4 is 28.4 Å². The lowest BCUT2D eigenvalue weighted by Crippen LogP contribution is -2.30. The number of nitrogens with zero attached hydrogens (tertiary/aromatic N) is 1. The summed E-state index contributed by atoms with van der Waals surface area (Å²) in [5.41, 5.74) is 2.51. The number of fused-ring (bicyclic) bond motifs is 2. The minimum Gasteiger partial charge on any atom is -0.350 e. The van der Waals surface area contributed by atoms with E-state index in [1.807, 2.05) is 32.0 Å². The summed E-state index contributed by atoms with van der Waals surface area (Å²) in [4.78, 5) is 42.2. The molecule has 1 aliphatic heterocycles. The van der Waals surface area contributed by atoms with Crippen molar-refractivity contribution in [1.82, 2.24) is 4.98 Å². The first kappa shape index (κ1) is 14.4. The number of aromatic amines is 1. The van der Waals surface area contributed by atoms with E-state index in [1.54, 1.807) is 24.3 Å². The zero-order chi connectivity index (χ0) is 17.0. The quantitative estimate of drug-likeness (QED) is 0.701. The molecule has 1 aliphatic rings. The second-order valence-corrected chi connectivity index (χ2v) is 6.03. The third-order valence-corrected chi connectivity index (χ3v) is 4.28. The molecule has 24 heavy (non-hydrogen) atoms. The van der Waals surface area contributed by atoms with Gasteiger partial charge in [-0.15, -0.1) is 0 Å². The Morgan fingerprint density at radius 3 is 2.21 bits per heavy atom. The van der Waals surface area contributed by atoms with Crippen LogP contribution in [0.4, 0.5) is 5.69 Å². The van der Waals surface area contributed by atoms with Crippen LogP contribution in [0.3, 0.4) is 0 Å². The van der Waals surface area contributed by atoms with Gasteiger partial charge in [0.05, 0.1) is 5.69 Å². The summed E-state index contributed by atoms with van der Waals surface area (Å²) in [5, 5.41) is 0.417. The van der Waals surface area contributed by atoms with Gasteiger partial charge in [0.15, 0.2) is 0 Å². The van der Waals surface area contributed by atoms with Gasteiger partial charge in [0.2, 0.25) is 5.43 Å². The van der Waals surface area contributed by atoms with E-state index < -0.39 is 17.2 Å². The van der Waals surface area contributed by atoms with E-state index in [0.29, 0.717) is 16.6 Å². The lowest BCUT2D eigenvalue weighted by Gasteiger charge is -2.13. The zero-order valence-corrected chi connectivity index (χ0v) is 13.2. The van der Waals surface area contributed by atoms with E-state index in [2.05, 4.69) is 4.98 Å². The number of aryl methyl sites for hydroxylation is 2. The zero-order valence-electron chi connectivity index (χ0n) is 13.2. The molecule has 0 atom stereocenters. The Bertz CT molecular complexity index is 1080. The van der Waals surface area contributed by atoms with Crippen molar-refractivity contribution in [3.8, 4) is 0 Å². The van der Waals surface area contributed by atoms with Crippen molar-refractivity contribution in [1.29, 1.82) is 0 Å². The topological polar surface area (TPSA) is 70.2 Å². The van der Waals surface area contributed by atoms with Crippen LogP contribution in [0.15, 0.2) is 47.3 Å². The van der Waals surface area contributed by atoms with Crippen LogP contribution >= 0.6 is 0 Å². The first-order chi connectivity index (χ1) is 11.5. The first-order valence-corrected chi connectivity index (χ1v) is 7.59. The Balaban J connectivity index is 1.96. The molecule has 0 aliphatic carbocycles. The second-order valence-electron chi connectivity index (χ2n) is 6.03. The van der Waals surface area contributed by atoms with E-state index in [9.17, 15) is 14.4 Å². The highest BCUT2D eigenvalue weighted by molar-refractivity contribution is 6.34. The predicted octanol–water partition coefficient (Wildman–Crippen LogP) is 2.95. The number of hydrogen-bond donors (Lipinski definition) is 1. The maximum Gasteiger partial charge on any atom is 0.282 e. The van der Waals surface area contributed by atoms with E-state index in [4.69, 9.17) is 0 Å². The molecule has 0 fully saturated rings. The summed E-state index contributed by atoms with van der Waals surface area (Å²) in [6, 6.07) is 12.4.